The van der Waals surface area contributed by atoms with E-state index in [1.165, 1.54) is 5.57 Å². The minimum absolute atomic E-state index is 0.000612. The van der Waals surface area contributed by atoms with Gasteiger partial charge in [-0.05, 0) is 58.8 Å². The zero-order valence-corrected chi connectivity index (χ0v) is 27.5. The molecule has 252 valence electrons. The summed E-state index contributed by atoms with van der Waals surface area (Å²) in [5, 5.41) is 5.63. The van der Waals surface area contributed by atoms with Gasteiger partial charge in [-0.15, -0.1) is 0 Å². The molecule has 44 heavy (non-hydrogen) atoms. The van der Waals surface area contributed by atoms with E-state index < -0.39 is 11.9 Å². The number of hydrogen-bond donors (Lipinski definition) is 3. The minimum atomic E-state index is -0.528. The van der Waals surface area contributed by atoms with Crippen molar-refractivity contribution in [3.05, 3.63) is 11.6 Å². The number of nitrogens with two attached hydrogens (primary N) is 1. The van der Waals surface area contributed by atoms with Crippen LogP contribution in [-0.4, -0.2) is 107 Å². The van der Waals surface area contributed by atoms with Gasteiger partial charge in [-0.25, -0.2) is 0 Å². The van der Waals surface area contributed by atoms with Gasteiger partial charge in [0.05, 0.1) is 51.0 Å². The zero-order valence-electron chi connectivity index (χ0n) is 27.5. The second-order valence-corrected chi connectivity index (χ2v) is 13.0. The van der Waals surface area contributed by atoms with Crippen LogP contribution in [0.2, 0.25) is 0 Å². The summed E-state index contributed by atoms with van der Waals surface area (Å²) in [4.78, 5) is 36.1. The Morgan fingerprint density at radius 2 is 1.82 bits per heavy atom. The molecule has 12 nitrogen and oxygen atoms in total. The van der Waals surface area contributed by atoms with Gasteiger partial charge in [-0.3, -0.25) is 19.7 Å². The summed E-state index contributed by atoms with van der Waals surface area (Å²) in [6, 6.07) is -0.528. The van der Waals surface area contributed by atoms with Crippen LogP contribution in [0, 0.1) is 11.8 Å². The molecular weight excluding hydrogens is 570 g/mol. The van der Waals surface area contributed by atoms with Gasteiger partial charge in [-0.1, -0.05) is 25.5 Å². The van der Waals surface area contributed by atoms with Gasteiger partial charge in [0, 0.05) is 26.7 Å². The van der Waals surface area contributed by atoms with Gasteiger partial charge < -0.3 is 39.5 Å². The number of carbonyl (C=O) groups is 3. The maximum atomic E-state index is 12.7. The van der Waals surface area contributed by atoms with Gasteiger partial charge >= 0.3 is 5.97 Å². The Balaban J connectivity index is 1.25. The summed E-state index contributed by atoms with van der Waals surface area (Å²) in [7, 11) is 1.67. The van der Waals surface area contributed by atoms with Crippen molar-refractivity contribution >= 4 is 17.8 Å². The van der Waals surface area contributed by atoms with Crippen LogP contribution in [0.15, 0.2) is 11.6 Å². The molecule has 0 aromatic heterocycles. The van der Waals surface area contributed by atoms with Crippen molar-refractivity contribution in [3.8, 4) is 0 Å². The molecular formula is C32H55N3O9. The quantitative estimate of drug-likeness (QED) is 0.0744. The first-order valence-electron chi connectivity index (χ1n) is 16.0. The summed E-state index contributed by atoms with van der Waals surface area (Å²) in [5.74, 6) is -0.670. The average molecular weight is 626 g/mol. The Morgan fingerprint density at radius 1 is 1.11 bits per heavy atom. The number of allylic oxidation sites excluding steroid dienone is 1. The summed E-state index contributed by atoms with van der Waals surface area (Å²) in [5.41, 5.74) is 6.03. The lowest BCUT2D eigenvalue weighted by Gasteiger charge is -2.42. The van der Waals surface area contributed by atoms with Crippen molar-refractivity contribution in [1.29, 1.82) is 0 Å². The van der Waals surface area contributed by atoms with E-state index in [0.717, 1.165) is 12.8 Å². The standard InChI is InChI=1S/C32H55N3O9/c1-21(2)9-10-25-31(5,44-25)29-28(39-6)24(11-12-32(29)20-42-32)43-27(37)8-7-14-40-16-17-41-15-13-34-26(36)19-35-23(30(33)38)18-22(3)4/h9,22-25,28-29,35H,7-8,10-20H2,1-6H3,(H2,33,38)(H,34,36)/t23-,24?,25+,28?,29?,31?,32-/m0/s1. The molecule has 4 unspecified atom stereocenters. The van der Waals surface area contributed by atoms with E-state index in [4.69, 9.17) is 34.2 Å². The fourth-order valence-corrected chi connectivity index (χ4v) is 6.25. The molecule has 2 amide bonds. The third-order valence-corrected chi connectivity index (χ3v) is 8.69. The van der Waals surface area contributed by atoms with Crippen molar-refractivity contribution < 1.29 is 42.8 Å². The number of nitrogens with one attached hydrogen (secondary N) is 2. The molecule has 3 aliphatic rings. The monoisotopic (exact) mass is 625 g/mol. The molecule has 0 aromatic rings. The number of rotatable bonds is 21. The number of esters is 1. The van der Waals surface area contributed by atoms with E-state index in [0.29, 0.717) is 58.8 Å². The van der Waals surface area contributed by atoms with Crippen LogP contribution in [0.5, 0.6) is 0 Å². The van der Waals surface area contributed by atoms with E-state index in [2.05, 4.69) is 37.5 Å². The topological polar surface area (TPSA) is 163 Å². The van der Waals surface area contributed by atoms with Crippen molar-refractivity contribution in [1.82, 2.24) is 10.6 Å². The Kier molecular flexibility index (Phi) is 14.1. The van der Waals surface area contributed by atoms with Gasteiger partial charge in [0.1, 0.15) is 23.4 Å². The SMILES string of the molecule is COC1C(OC(=O)CCCOCCOCCNC(=O)CN[C@@H](CC(C)C)C(N)=O)CC[C@]2(CO2)C1C1(C)O[C@@H]1CC=C(C)C. The lowest BCUT2D eigenvalue weighted by Crippen LogP contribution is -2.55. The third-order valence-electron chi connectivity index (χ3n) is 8.69. The van der Waals surface area contributed by atoms with E-state index >= 15 is 0 Å². The molecule has 1 aliphatic carbocycles. The molecule has 0 bridgehead atoms. The van der Waals surface area contributed by atoms with E-state index in [1.54, 1.807) is 7.11 Å². The number of methoxy groups -OCH3 is 1. The number of carbonyl (C=O) groups excluding carboxylic acids is 3. The molecule has 3 fully saturated rings. The lowest BCUT2D eigenvalue weighted by molar-refractivity contribution is -0.172. The van der Waals surface area contributed by atoms with Crippen molar-refractivity contribution in [2.75, 3.05) is 53.2 Å². The van der Waals surface area contributed by atoms with Gasteiger partial charge in [0.15, 0.2) is 0 Å². The molecule has 3 rings (SSSR count). The van der Waals surface area contributed by atoms with E-state index in [-0.39, 0.29) is 66.2 Å². The normalized spacial score (nSPS) is 29.7. The smallest absolute Gasteiger partial charge is 0.306 e. The Morgan fingerprint density at radius 3 is 2.43 bits per heavy atom. The van der Waals surface area contributed by atoms with Crippen LogP contribution in [0.3, 0.4) is 0 Å². The first-order chi connectivity index (χ1) is 20.9. The number of epoxide rings is 2. The zero-order chi connectivity index (χ0) is 32.3. The van der Waals surface area contributed by atoms with E-state index in [9.17, 15) is 14.4 Å². The molecule has 1 spiro atoms. The lowest BCUT2D eigenvalue weighted by atomic mass is 9.68. The van der Waals surface area contributed by atoms with Crippen LogP contribution in [0.1, 0.15) is 73.1 Å². The average Bonchev–Trinajstić information content (AvgIpc) is 3.88. The minimum Gasteiger partial charge on any atom is -0.460 e. The molecule has 0 radical (unpaired) electrons. The molecule has 2 heterocycles. The number of ether oxygens (including phenoxy) is 6. The largest absolute Gasteiger partial charge is 0.460 e. The predicted molar refractivity (Wildman–Crippen MR) is 164 cm³/mol. The number of amides is 2. The fraction of sp³-hybridized carbons (Fsp3) is 0.844. The fourth-order valence-electron chi connectivity index (χ4n) is 6.25. The van der Waals surface area contributed by atoms with Crippen molar-refractivity contribution in [3.63, 3.8) is 0 Å². The third kappa shape index (κ3) is 10.8. The summed E-state index contributed by atoms with van der Waals surface area (Å²) < 4.78 is 35.2. The molecule has 1 saturated carbocycles. The molecule has 2 aliphatic heterocycles. The summed E-state index contributed by atoms with van der Waals surface area (Å²) in [6.45, 7) is 12.8. The van der Waals surface area contributed by atoms with E-state index in [1.807, 2.05) is 13.8 Å². The maximum Gasteiger partial charge on any atom is 0.306 e. The highest BCUT2D eigenvalue weighted by molar-refractivity contribution is 5.82. The van der Waals surface area contributed by atoms with Crippen molar-refractivity contribution in [2.45, 2.75) is 109 Å². The maximum absolute atomic E-state index is 12.7. The second-order valence-electron chi connectivity index (χ2n) is 13.0. The predicted octanol–water partition coefficient (Wildman–Crippen LogP) is 2.03. The van der Waals surface area contributed by atoms with Crippen LogP contribution in [-0.2, 0) is 42.8 Å². The highest BCUT2D eigenvalue weighted by atomic mass is 16.6. The molecule has 12 heteroatoms. The second kappa shape index (κ2) is 17.0. The summed E-state index contributed by atoms with van der Waals surface area (Å²) in [6.07, 6.45) is 5.42. The number of hydrogen-bond acceptors (Lipinski definition) is 10. The highest BCUT2D eigenvalue weighted by Gasteiger charge is 2.72. The number of primary amides is 1. The Labute approximate surface area is 262 Å². The van der Waals surface area contributed by atoms with Gasteiger partial charge in [0.2, 0.25) is 11.8 Å². The van der Waals surface area contributed by atoms with Gasteiger partial charge in [0.25, 0.3) is 0 Å². The van der Waals surface area contributed by atoms with Crippen LogP contribution < -0.4 is 16.4 Å². The highest BCUT2D eigenvalue weighted by Crippen LogP contribution is 2.59. The first kappa shape index (κ1) is 36.4. The Hall–Kier alpha value is -2.09. The van der Waals surface area contributed by atoms with Crippen LogP contribution >= 0.6 is 0 Å². The Bertz CT molecular complexity index is 982. The summed E-state index contributed by atoms with van der Waals surface area (Å²) >= 11 is 0. The van der Waals surface area contributed by atoms with Crippen molar-refractivity contribution in [2.24, 2.45) is 17.6 Å². The molecule has 7 atom stereocenters. The van der Waals surface area contributed by atoms with Crippen LogP contribution in [0.25, 0.3) is 0 Å². The molecule has 4 N–H and O–H groups in total. The van der Waals surface area contributed by atoms with Crippen LogP contribution in [0.4, 0.5) is 0 Å². The first-order valence-corrected chi connectivity index (χ1v) is 16.0. The molecule has 2 saturated heterocycles. The van der Waals surface area contributed by atoms with Gasteiger partial charge in [-0.2, -0.15) is 0 Å². The molecule has 0 aromatic carbocycles.